The van der Waals surface area contributed by atoms with Crippen LogP contribution in [0.1, 0.15) is 22.9 Å². The van der Waals surface area contributed by atoms with E-state index in [1.807, 2.05) is 0 Å². The van der Waals surface area contributed by atoms with Gasteiger partial charge in [0.15, 0.2) is 16.8 Å². The van der Waals surface area contributed by atoms with Crippen LogP contribution in [-0.4, -0.2) is 51.6 Å². The van der Waals surface area contributed by atoms with E-state index in [-0.39, 0.29) is 23.1 Å². The monoisotopic (exact) mass is 501 g/mol. The lowest BCUT2D eigenvalue weighted by Crippen LogP contribution is -2.35. The number of ether oxygens (including phenoxy) is 1. The van der Waals surface area contributed by atoms with Crippen LogP contribution < -0.4 is 15.4 Å². The lowest BCUT2D eigenvalue weighted by Gasteiger charge is -2.32. The minimum Gasteiger partial charge on any atom is -0.480 e. The Hall–Kier alpha value is -3.67. The molecule has 0 spiro atoms. The van der Waals surface area contributed by atoms with Crippen LogP contribution in [0.4, 0.5) is 19.1 Å². The summed E-state index contributed by atoms with van der Waals surface area (Å²) >= 11 is 1.37. The quantitative estimate of drug-likeness (QED) is 0.521. The molecule has 0 bridgehead atoms. The number of aromatic nitrogens is 4. The van der Waals surface area contributed by atoms with Crippen molar-refractivity contribution in [3.63, 3.8) is 0 Å². The summed E-state index contributed by atoms with van der Waals surface area (Å²) < 4.78 is 47.9. The number of benzene rings is 1. The first kappa shape index (κ1) is 24.5. The Labute approximate surface area is 204 Å². The van der Waals surface area contributed by atoms with Crippen molar-refractivity contribution in [3.8, 4) is 5.88 Å². The Morgan fingerprint density at radius 3 is 2.63 bits per heavy atom. The number of rotatable bonds is 7. The first-order valence-corrected chi connectivity index (χ1v) is 11.5. The van der Waals surface area contributed by atoms with Gasteiger partial charge in [-0.3, -0.25) is 4.99 Å². The molecule has 0 fully saturated rings. The van der Waals surface area contributed by atoms with E-state index in [0.29, 0.717) is 29.0 Å². The highest BCUT2D eigenvalue weighted by Crippen LogP contribution is 2.36. The van der Waals surface area contributed by atoms with Gasteiger partial charge in [0, 0.05) is 30.8 Å². The molecule has 2 N–H and O–H groups in total. The molecule has 12 heteroatoms. The highest BCUT2D eigenvalue weighted by molar-refractivity contribution is 8.13. The smallest absolute Gasteiger partial charge is 0.232 e. The molecule has 182 valence electrons. The average molecular weight is 502 g/mol. The fraction of sp³-hybridized carbons (Fsp3) is 0.261. The Morgan fingerprint density at radius 2 is 1.94 bits per heavy atom. The molecular weight excluding hydrogens is 479 g/mol. The topological polar surface area (TPSA) is 102 Å². The minimum atomic E-state index is -0.635. The van der Waals surface area contributed by atoms with Crippen LogP contribution in [0.3, 0.4) is 0 Å². The first-order valence-electron chi connectivity index (χ1n) is 10.5. The van der Waals surface area contributed by atoms with Crippen molar-refractivity contribution in [2.24, 2.45) is 16.6 Å². The second-order valence-electron chi connectivity index (χ2n) is 7.78. The fourth-order valence-electron chi connectivity index (χ4n) is 3.62. The summed E-state index contributed by atoms with van der Waals surface area (Å²) in [5.41, 5.74) is 6.70. The van der Waals surface area contributed by atoms with Crippen LogP contribution >= 0.6 is 11.8 Å². The molecule has 2 aromatic heterocycles. The molecule has 1 aliphatic heterocycles. The van der Waals surface area contributed by atoms with Crippen molar-refractivity contribution in [2.75, 3.05) is 31.4 Å². The summed E-state index contributed by atoms with van der Waals surface area (Å²) in [6.07, 6.45) is 5.97. The number of nitrogens with two attached hydrogens (primary N) is 1. The minimum absolute atomic E-state index is 0.0202. The zero-order valence-corrected chi connectivity index (χ0v) is 19.7. The van der Waals surface area contributed by atoms with Gasteiger partial charge in [-0.15, -0.1) is 0 Å². The molecule has 2 atom stereocenters. The van der Waals surface area contributed by atoms with Crippen LogP contribution in [0.15, 0.2) is 48.0 Å². The van der Waals surface area contributed by atoms with Crippen LogP contribution in [-0.2, 0) is 0 Å². The largest absolute Gasteiger partial charge is 0.480 e. The van der Waals surface area contributed by atoms with Gasteiger partial charge in [-0.05, 0) is 23.8 Å². The number of amidine groups is 1. The molecule has 4 rings (SSSR count). The molecule has 0 saturated heterocycles. The van der Waals surface area contributed by atoms with Gasteiger partial charge in [0.05, 0.1) is 37.9 Å². The van der Waals surface area contributed by atoms with E-state index in [0.717, 1.165) is 12.4 Å². The van der Waals surface area contributed by atoms with Crippen molar-refractivity contribution in [3.05, 3.63) is 71.4 Å². The van der Waals surface area contributed by atoms with E-state index >= 15 is 0 Å². The Morgan fingerprint density at radius 1 is 1.17 bits per heavy atom. The summed E-state index contributed by atoms with van der Waals surface area (Å²) in [6, 6.07) is 3.67. The maximum atomic E-state index is 15.0. The van der Waals surface area contributed by atoms with Crippen molar-refractivity contribution in [1.29, 1.82) is 0 Å². The predicted molar refractivity (Wildman–Crippen MR) is 130 cm³/mol. The summed E-state index contributed by atoms with van der Waals surface area (Å²) in [5, 5.41) is 0.340. The third-order valence-electron chi connectivity index (χ3n) is 5.33. The highest BCUT2D eigenvalue weighted by Gasteiger charge is 2.31. The van der Waals surface area contributed by atoms with E-state index in [4.69, 9.17) is 10.5 Å². The zero-order valence-electron chi connectivity index (χ0n) is 18.9. The number of hydrogen-bond acceptors (Lipinski definition) is 9. The van der Waals surface area contributed by atoms with Gasteiger partial charge in [-0.2, -0.15) is 0 Å². The first-order chi connectivity index (χ1) is 16.8. The molecular formula is C23H22F3N7OS. The number of halogens is 3. The van der Waals surface area contributed by atoms with Crippen LogP contribution in [0.5, 0.6) is 5.88 Å². The number of nitrogens with zero attached hydrogens (tertiary/aromatic N) is 6. The normalized spacial score (nSPS) is 18.2. The molecule has 35 heavy (non-hydrogen) atoms. The van der Waals surface area contributed by atoms with Gasteiger partial charge in [0.25, 0.3) is 0 Å². The Balaban J connectivity index is 1.61. The summed E-state index contributed by atoms with van der Waals surface area (Å²) in [7, 11) is 3.20. The Kier molecular flexibility index (Phi) is 7.49. The summed E-state index contributed by atoms with van der Waals surface area (Å²) in [4.78, 5) is 22.1. The third-order valence-corrected chi connectivity index (χ3v) is 6.32. The predicted octanol–water partition coefficient (Wildman–Crippen LogP) is 3.88. The molecule has 0 saturated carbocycles. The van der Waals surface area contributed by atoms with Crippen molar-refractivity contribution < 1.29 is 17.9 Å². The van der Waals surface area contributed by atoms with Gasteiger partial charge >= 0.3 is 0 Å². The summed E-state index contributed by atoms with van der Waals surface area (Å²) in [6.45, 7) is 0.412. The standard InChI is InChI=1S/C23H22F3N7OS/c1-33(23-30-7-15(24)8-31-23)11-14-12-35-22(27)32-21(14)16-5-13(3-4-17(16)25)6-18(26)19-9-29-20(34-2)10-28-19/h3-10,14,21H,11-12H2,1-2H3,(H2,27,32)/b18-6-/t14-,21-/m0/s1. The second kappa shape index (κ2) is 10.7. The highest BCUT2D eigenvalue weighted by atomic mass is 32.2. The number of aliphatic imine (C=N–C) groups is 1. The maximum Gasteiger partial charge on any atom is 0.232 e. The molecule has 3 aromatic rings. The van der Waals surface area contributed by atoms with Crippen LogP contribution in [0, 0.1) is 17.6 Å². The Bertz CT molecular complexity index is 1240. The van der Waals surface area contributed by atoms with Crippen LogP contribution in [0.2, 0.25) is 0 Å². The van der Waals surface area contributed by atoms with Gasteiger partial charge in [0.2, 0.25) is 11.8 Å². The third kappa shape index (κ3) is 5.88. The van der Waals surface area contributed by atoms with Crippen molar-refractivity contribution in [2.45, 2.75) is 6.04 Å². The molecule has 3 heterocycles. The maximum absolute atomic E-state index is 15.0. The summed E-state index contributed by atoms with van der Waals surface area (Å²) in [5.74, 6) is -0.658. The average Bonchev–Trinajstić information content (AvgIpc) is 2.86. The number of thioether (sulfide) groups is 1. The molecule has 0 amide bonds. The SMILES string of the molecule is COc1cnc(/C(F)=C/c2ccc(F)c([C@H]3N=C(N)SC[C@@H]3CN(C)c3ncc(F)cn3)c2)cn1. The van der Waals surface area contributed by atoms with E-state index in [1.165, 1.54) is 49.5 Å². The van der Waals surface area contributed by atoms with Crippen molar-refractivity contribution in [1.82, 2.24) is 19.9 Å². The van der Waals surface area contributed by atoms with Gasteiger partial charge in [0.1, 0.15) is 11.5 Å². The lowest BCUT2D eigenvalue weighted by atomic mass is 9.92. The number of methoxy groups -OCH3 is 1. The number of anilines is 1. The fourth-order valence-corrected chi connectivity index (χ4v) is 4.48. The van der Waals surface area contributed by atoms with E-state index in [2.05, 4.69) is 24.9 Å². The van der Waals surface area contributed by atoms with E-state index in [1.54, 1.807) is 18.0 Å². The second-order valence-corrected chi connectivity index (χ2v) is 8.82. The molecule has 8 nitrogen and oxygen atoms in total. The molecule has 1 aliphatic rings. The van der Waals surface area contributed by atoms with Gasteiger partial charge < -0.3 is 15.4 Å². The zero-order chi connectivity index (χ0) is 24.9. The molecule has 0 aliphatic carbocycles. The number of hydrogen-bond donors (Lipinski definition) is 1. The molecule has 0 radical (unpaired) electrons. The lowest BCUT2D eigenvalue weighted by molar-refractivity contribution is 0.395. The van der Waals surface area contributed by atoms with Gasteiger partial charge in [-0.1, -0.05) is 17.8 Å². The van der Waals surface area contributed by atoms with Crippen LogP contribution in [0.25, 0.3) is 11.9 Å². The van der Waals surface area contributed by atoms with Crippen molar-refractivity contribution >= 4 is 34.8 Å². The molecule has 0 unspecified atom stereocenters. The molecule has 1 aromatic carbocycles. The van der Waals surface area contributed by atoms with E-state index < -0.39 is 23.5 Å². The van der Waals surface area contributed by atoms with Gasteiger partial charge in [-0.25, -0.2) is 33.1 Å². The van der Waals surface area contributed by atoms with E-state index in [9.17, 15) is 13.2 Å².